The van der Waals surface area contributed by atoms with Crippen molar-refractivity contribution in [3.05, 3.63) is 53.6 Å². The van der Waals surface area contributed by atoms with E-state index < -0.39 is 0 Å². The number of aromatic nitrogens is 1. The van der Waals surface area contributed by atoms with Gasteiger partial charge in [0.1, 0.15) is 5.82 Å². The number of nitrogens with zero attached hydrogens (tertiary/aromatic N) is 3. The van der Waals surface area contributed by atoms with Crippen LogP contribution in [-0.4, -0.2) is 54.7 Å². The van der Waals surface area contributed by atoms with Crippen molar-refractivity contribution >= 4 is 28.3 Å². The molecule has 0 aliphatic carbocycles. The average Bonchev–Trinajstić information content (AvgIpc) is 3.33. The number of fused-ring (bicyclic) bond motifs is 1. The number of aryl methyl sites for hydroxylation is 1. The van der Waals surface area contributed by atoms with Gasteiger partial charge in [-0.3, -0.25) is 4.79 Å². The summed E-state index contributed by atoms with van der Waals surface area (Å²) >= 11 is 0. The summed E-state index contributed by atoms with van der Waals surface area (Å²) in [4.78, 5) is 22.2. The Morgan fingerprint density at radius 2 is 1.94 bits per heavy atom. The lowest BCUT2D eigenvalue weighted by atomic mass is 9.93. The number of ether oxygens (including phenoxy) is 1. The van der Waals surface area contributed by atoms with Gasteiger partial charge in [0.05, 0.1) is 24.4 Å². The van der Waals surface area contributed by atoms with Crippen molar-refractivity contribution < 1.29 is 9.53 Å². The maximum Gasteiger partial charge on any atom is 0.254 e. The summed E-state index contributed by atoms with van der Waals surface area (Å²) in [5.41, 5.74) is 12.1. The number of hydrogen-bond acceptors (Lipinski definition) is 5. The number of benzene rings is 2. The fraction of sp³-hybridized carbons (Fsp3) is 0.385. The van der Waals surface area contributed by atoms with Crippen molar-refractivity contribution in [3.8, 4) is 11.1 Å². The summed E-state index contributed by atoms with van der Waals surface area (Å²) in [6.45, 7) is 8.06. The van der Waals surface area contributed by atoms with Crippen molar-refractivity contribution in [1.29, 1.82) is 0 Å². The van der Waals surface area contributed by atoms with E-state index in [-0.39, 0.29) is 11.9 Å². The van der Waals surface area contributed by atoms with E-state index in [2.05, 4.69) is 48.0 Å². The van der Waals surface area contributed by atoms with Crippen LogP contribution in [0.2, 0.25) is 0 Å². The Bertz CT molecular complexity index is 1170. The van der Waals surface area contributed by atoms with Crippen molar-refractivity contribution in [2.24, 2.45) is 0 Å². The topological polar surface area (TPSA) is 71.7 Å². The lowest BCUT2D eigenvalue weighted by Crippen LogP contribution is -2.44. The Morgan fingerprint density at radius 1 is 1.12 bits per heavy atom. The molecule has 6 heteroatoms. The molecule has 2 aliphatic rings. The molecule has 2 aromatic carbocycles. The van der Waals surface area contributed by atoms with Crippen LogP contribution >= 0.6 is 0 Å². The van der Waals surface area contributed by atoms with Crippen LogP contribution in [0.1, 0.15) is 35.7 Å². The largest absolute Gasteiger partial charge is 0.382 e. The van der Waals surface area contributed by atoms with Gasteiger partial charge in [0.25, 0.3) is 5.91 Å². The first kappa shape index (κ1) is 20.8. The van der Waals surface area contributed by atoms with Crippen LogP contribution in [-0.2, 0) is 4.74 Å². The van der Waals surface area contributed by atoms with E-state index in [0.29, 0.717) is 19.0 Å². The highest BCUT2D eigenvalue weighted by atomic mass is 16.5. The van der Waals surface area contributed by atoms with E-state index >= 15 is 0 Å². The number of rotatable bonds is 3. The summed E-state index contributed by atoms with van der Waals surface area (Å²) < 4.78 is 5.59. The summed E-state index contributed by atoms with van der Waals surface area (Å²) in [5, 5.41) is 1.02. The molecule has 2 N–H and O–H groups in total. The van der Waals surface area contributed by atoms with Crippen molar-refractivity contribution in [1.82, 2.24) is 9.88 Å². The fourth-order valence-corrected chi connectivity index (χ4v) is 4.97. The molecule has 166 valence electrons. The lowest BCUT2D eigenvalue weighted by Gasteiger charge is -2.35. The van der Waals surface area contributed by atoms with Gasteiger partial charge in [-0.05, 0) is 67.6 Å². The highest BCUT2D eigenvalue weighted by Gasteiger charge is 2.24. The Morgan fingerprint density at radius 3 is 2.72 bits per heavy atom. The summed E-state index contributed by atoms with van der Waals surface area (Å²) in [6.07, 6.45) is 2.16. The molecule has 2 aliphatic heterocycles. The first-order valence-corrected chi connectivity index (χ1v) is 11.5. The monoisotopic (exact) mass is 430 g/mol. The van der Waals surface area contributed by atoms with E-state index in [1.54, 1.807) is 0 Å². The number of carbonyl (C=O) groups is 1. The quantitative estimate of drug-likeness (QED) is 0.672. The predicted molar refractivity (Wildman–Crippen MR) is 129 cm³/mol. The maximum absolute atomic E-state index is 13.3. The minimum absolute atomic E-state index is 0.125. The molecular formula is C26H30N4O2. The number of nitrogen functional groups attached to an aromatic ring is 1. The molecule has 2 saturated heterocycles. The molecule has 0 spiro atoms. The number of hydrogen-bond donors (Lipinski definition) is 1. The van der Waals surface area contributed by atoms with Crippen LogP contribution in [0.5, 0.6) is 0 Å². The Hall–Kier alpha value is -3.12. The minimum Gasteiger partial charge on any atom is -0.382 e. The fourth-order valence-electron chi connectivity index (χ4n) is 4.97. The van der Waals surface area contributed by atoms with Gasteiger partial charge in [-0.25, -0.2) is 4.98 Å². The van der Waals surface area contributed by atoms with Crippen molar-refractivity contribution in [3.63, 3.8) is 0 Å². The highest BCUT2D eigenvalue weighted by molar-refractivity contribution is 6.03. The zero-order valence-electron chi connectivity index (χ0n) is 18.8. The number of anilines is 2. The number of likely N-dealkylation sites (tertiary alicyclic amines) is 1. The molecule has 0 saturated carbocycles. The zero-order chi connectivity index (χ0) is 22.2. The van der Waals surface area contributed by atoms with E-state index in [0.717, 1.165) is 71.3 Å². The van der Waals surface area contributed by atoms with Gasteiger partial charge in [-0.2, -0.15) is 0 Å². The van der Waals surface area contributed by atoms with Gasteiger partial charge in [0.15, 0.2) is 0 Å². The van der Waals surface area contributed by atoms with Gasteiger partial charge >= 0.3 is 0 Å². The standard InChI is InChI=1S/C26H30N4O2/c1-17-6-5-7-21(26(31)29-10-3-4-11-29)24(17)19-8-9-22-20(14-19)15-23(25(27)28-22)30-12-13-32-16-18(30)2/h5-9,14-15,18H,3-4,10-13,16H2,1-2H3,(H2,27,28)/t18-/m0/s1. The van der Waals surface area contributed by atoms with E-state index in [4.69, 9.17) is 10.5 Å². The highest BCUT2D eigenvalue weighted by Crippen LogP contribution is 2.34. The number of morpholine rings is 1. The van der Waals surface area contributed by atoms with Crippen LogP contribution in [0.4, 0.5) is 11.5 Å². The van der Waals surface area contributed by atoms with Crippen molar-refractivity contribution in [2.45, 2.75) is 32.7 Å². The smallest absolute Gasteiger partial charge is 0.254 e. The van der Waals surface area contributed by atoms with Gasteiger partial charge < -0.3 is 20.3 Å². The molecule has 0 bridgehead atoms. The SMILES string of the molecule is Cc1cccc(C(=O)N2CCCC2)c1-c1ccc2nc(N)c(N3CCOC[C@@H]3C)cc2c1. The molecular weight excluding hydrogens is 400 g/mol. The van der Waals surface area contributed by atoms with Gasteiger partial charge in [-0.1, -0.05) is 18.2 Å². The molecule has 1 amide bonds. The molecule has 1 aromatic heterocycles. The lowest BCUT2D eigenvalue weighted by molar-refractivity contribution is 0.0793. The molecule has 3 heterocycles. The second-order valence-electron chi connectivity index (χ2n) is 8.91. The molecule has 0 radical (unpaired) electrons. The Labute approximate surface area is 189 Å². The summed E-state index contributed by atoms with van der Waals surface area (Å²) in [7, 11) is 0. The second kappa shape index (κ2) is 8.43. The maximum atomic E-state index is 13.3. The predicted octanol–water partition coefficient (Wildman–Crippen LogP) is 4.25. The van der Waals surface area contributed by atoms with Crippen molar-refractivity contribution in [2.75, 3.05) is 43.5 Å². The third kappa shape index (κ3) is 3.69. The van der Waals surface area contributed by atoms with Crippen LogP contribution in [0.25, 0.3) is 22.0 Å². The Kier molecular flexibility index (Phi) is 5.47. The normalized spacial score (nSPS) is 19.0. The second-order valence-corrected chi connectivity index (χ2v) is 8.91. The van der Waals surface area contributed by atoms with Crippen LogP contribution in [0.3, 0.4) is 0 Å². The van der Waals surface area contributed by atoms with E-state index in [1.807, 2.05) is 23.1 Å². The molecule has 32 heavy (non-hydrogen) atoms. The zero-order valence-corrected chi connectivity index (χ0v) is 18.8. The van der Waals surface area contributed by atoms with Gasteiger partial charge in [0, 0.05) is 36.6 Å². The average molecular weight is 431 g/mol. The first-order chi connectivity index (χ1) is 15.5. The molecule has 6 nitrogen and oxygen atoms in total. The molecule has 1 atom stereocenters. The summed E-state index contributed by atoms with van der Waals surface area (Å²) in [5.74, 6) is 0.666. The minimum atomic E-state index is 0.125. The molecule has 3 aromatic rings. The third-order valence-corrected chi connectivity index (χ3v) is 6.69. The Balaban J connectivity index is 1.59. The first-order valence-electron chi connectivity index (χ1n) is 11.5. The summed E-state index contributed by atoms with van der Waals surface area (Å²) in [6, 6.07) is 14.6. The van der Waals surface area contributed by atoms with E-state index in [1.165, 1.54) is 0 Å². The van der Waals surface area contributed by atoms with Gasteiger partial charge in [-0.15, -0.1) is 0 Å². The number of pyridine rings is 1. The molecule has 5 rings (SSSR count). The van der Waals surface area contributed by atoms with Crippen LogP contribution < -0.4 is 10.6 Å². The number of amides is 1. The number of carbonyl (C=O) groups excluding carboxylic acids is 1. The van der Waals surface area contributed by atoms with E-state index in [9.17, 15) is 4.79 Å². The van der Waals surface area contributed by atoms with Crippen LogP contribution in [0.15, 0.2) is 42.5 Å². The third-order valence-electron chi connectivity index (χ3n) is 6.69. The van der Waals surface area contributed by atoms with Gasteiger partial charge in [0.2, 0.25) is 0 Å². The number of nitrogens with two attached hydrogens (primary N) is 1. The molecule has 2 fully saturated rings. The molecule has 0 unspecified atom stereocenters. The van der Waals surface area contributed by atoms with Crippen LogP contribution in [0, 0.1) is 6.92 Å².